The maximum Gasteiger partial charge on any atom is 0.289 e. The molecule has 0 aliphatic carbocycles. The number of benzene rings is 1. The van der Waals surface area contributed by atoms with E-state index < -0.39 is 0 Å². The summed E-state index contributed by atoms with van der Waals surface area (Å²) in [4.78, 5) is 14.2. The highest BCUT2D eigenvalue weighted by atomic mass is 79.9. The minimum Gasteiger partial charge on any atom is -0.486 e. The molecular formula is C17H20BrClN2O3. The van der Waals surface area contributed by atoms with Crippen LogP contribution in [0.2, 0.25) is 0 Å². The van der Waals surface area contributed by atoms with Crippen molar-refractivity contribution >= 4 is 34.2 Å². The first-order chi connectivity index (χ1) is 11.1. The molecule has 1 aromatic heterocycles. The molecule has 1 aromatic carbocycles. The monoisotopic (exact) mass is 414 g/mol. The van der Waals surface area contributed by atoms with Gasteiger partial charge in [-0.15, -0.1) is 12.4 Å². The van der Waals surface area contributed by atoms with Gasteiger partial charge >= 0.3 is 0 Å². The number of amides is 1. The normalized spacial score (nSPS) is 17.2. The van der Waals surface area contributed by atoms with Crippen LogP contribution in [0, 0.1) is 0 Å². The number of halogens is 2. The van der Waals surface area contributed by atoms with Crippen LogP contribution < -0.4 is 10.5 Å². The van der Waals surface area contributed by atoms with Gasteiger partial charge in [0.25, 0.3) is 5.91 Å². The Labute approximate surface area is 155 Å². The molecule has 0 spiro atoms. The Morgan fingerprint density at radius 1 is 1.38 bits per heavy atom. The van der Waals surface area contributed by atoms with Gasteiger partial charge in [-0.1, -0.05) is 22.0 Å². The summed E-state index contributed by atoms with van der Waals surface area (Å²) in [5.74, 6) is 1.60. The van der Waals surface area contributed by atoms with E-state index in [0.717, 1.165) is 29.6 Å². The van der Waals surface area contributed by atoms with Crippen LogP contribution in [-0.4, -0.2) is 29.9 Å². The van der Waals surface area contributed by atoms with Crippen molar-refractivity contribution in [1.82, 2.24) is 4.90 Å². The van der Waals surface area contributed by atoms with Crippen LogP contribution in [0.25, 0.3) is 0 Å². The third-order valence-corrected chi connectivity index (χ3v) is 4.29. The molecule has 1 atom stereocenters. The third kappa shape index (κ3) is 4.75. The predicted octanol–water partition coefficient (Wildman–Crippen LogP) is 3.61. The summed E-state index contributed by atoms with van der Waals surface area (Å²) < 4.78 is 12.2. The van der Waals surface area contributed by atoms with Crippen LogP contribution in [-0.2, 0) is 6.61 Å². The minimum atomic E-state index is -0.103. The summed E-state index contributed by atoms with van der Waals surface area (Å²) >= 11 is 3.40. The maximum absolute atomic E-state index is 12.4. The number of likely N-dealkylation sites (tertiary alicyclic amines) is 1. The first-order valence-electron chi connectivity index (χ1n) is 7.64. The quantitative estimate of drug-likeness (QED) is 0.828. The number of rotatable bonds is 4. The van der Waals surface area contributed by atoms with Crippen molar-refractivity contribution in [2.24, 2.45) is 5.73 Å². The molecule has 0 radical (unpaired) electrons. The van der Waals surface area contributed by atoms with Crippen molar-refractivity contribution in [3.05, 3.63) is 52.4 Å². The number of furan rings is 1. The molecule has 0 bridgehead atoms. The largest absolute Gasteiger partial charge is 0.486 e. The van der Waals surface area contributed by atoms with Gasteiger partial charge in [0.15, 0.2) is 5.76 Å². The standard InChI is InChI=1S/C17H19BrN2O3.ClH/c18-12-3-1-5-14(9-12)22-11-15-6-7-16(23-15)17(21)20-8-2-4-13(19)10-20;/h1,3,5-7,9,13H,2,4,8,10-11,19H2;1H. The summed E-state index contributed by atoms with van der Waals surface area (Å²) in [6.45, 7) is 1.60. The topological polar surface area (TPSA) is 68.7 Å². The number of hydrogen-bond acceptors (Lipinski definition) is 4. The summed E-state index contributed by atoms with van der Waals surface area (Å²) in [5, 5.41) is 0. The molecule has 1 aliphatic heterocycles. The molecule has 7 heteroatoms. The Balaban J connectivity index is 0.00000208. The highest BCUT2D eigenvalue weighted by molar-refractivity contribution is 9.10. The second-order valence-electron chi connectivity index (χ2n) is 5.67. The van der Waals surface area contributed by atoms with Crippen LogP contribution in [0.15, 0.2) is 45.3 Å². The molecule has 2 aromatic rings. The average Bonchev–Trinajstić information content (AvgIpc) is 3.01. The number of nitrogens with two attached hydrogens (primary N) is 1. The van der Waals surface area contributed by atoms with Gasteiger partial charge in [0.2, 0.25) is 0 Å². The van der Waals surface area contributed by atoms with Gasteiger partial charge in [-0.25, -0.2) is 0 Å². The second-order valence-corrected chi connectivity index (χ2v) is 6.58. The van der Waals surface area contributed by atoms with E-state index in [1.165, 1.54) is 0 Å². The van der Waals surface area contributed by atoms with Crippen LogP contribution in [0.3, 0.4) is 0 Å². The van der Waals surface area contributed by atoms with E-state index in [-0.39, 0.29) is 31.0 Å². The van der Waals surface area contributed by atoms with Crippen LogP contribution in [0.1, 0.15) is 29.2 Å². The van der Waals surface area contributed by atoms with Crippen molar-refractivity contribution in [1.29, 1.82) is 0 Å². The zero-order valence-corrected chi connectivity index (χ0v) is 15.5. The van der Waals surface area contributed by atoms with Gasteiger partial charge in [0, 0.05) is 23.6 Å². The summed E-state index contributed by atoms with van der Waals surface area (Å²) in [6, 6.07) is 11.1. The average molecular weight is 416 g/mol. The van der Waals surface area contributed by atoms with Gasteiger partial charge in [0.05, 0.1) is 0 Å². The Morgan fingerprint density at radius 3 is 2.96 bits per heavy atom. The van der Waals surface area contributed by atoms with Crippen LogP contribution in [0.4, 0.5) is 0 Å². The van der Waals surface area contributed by atoms with E-state index >= 15 is 0 Å². The molecule has 5 nitrogen and oxygen atoms in total. The number of carbonyl (C=O) groups is 1. The number of hydrogen-bond donors (Lipinski definition) is 1. The number of nitrogens with zero attached hydrogens (tertiary/aromatic N) is 1. The van der Waals surface area contributed by atoms with Gasteiger partial charge in [-0.05, 0) is 43.2 Å². The lowest BCUT2D eigenvalue weighted by molar-refractivity contribution is 0.0672. The van der Waals surface area contributed by atoms with E-state index in [1.807, 2.05) is 24.3 Å². The maximum atomic E-state index is 12.4. The van der Waals surface area contributed by atoms with Crippen LogP contribution in [0.5, 0.6) is 5.75 Å². The molecule has 1 saturated heterocycles. The molecule has 1 unspecified atom stereocenters. The Morgan fingerprint density at radius 2 is 2.21 bits per heavy atom. The molecule has 1 aliphatic rings. The summed E-state index contributed by atoms with van der Waals surface area (Å²) in [7, 11) is 0. The molecule has 2 N–H and O–H groups in total. The van der Waals surface area contributed by atoms with Gasteiger partial charge in [0.1, 0.15) is 18.1 Å². The predicted molar refractivity (Wildman–Crippen MR) is 97.5 cm³/mol. The fourth-order valence-corrected chi connectivity index (χ4v) is 3.01. The van der Waals surface area contributed by atoms with E-state index in [2.05, 4.69) is 15.9 Å². The van der Waals surface area contributed by atoms with E-state index in [4.69, 9.17) is 14.9 Å². The lowest BCUT2D eigenvalue weighted by atomic mass is 10.1. The van der Waals surface area contributed by atoms with Crippen molar-refractivity contribution in [2.75, 3.05) is 13.1 Å². The van der Waals surface area contributed by atoms with E-state index in [0.29, 0.717) is 18.1 Å². The highest BCUT2D eigenvalue weighted by Crippen LogP contribution is 2.20. The first kappa shape index (κ1) is 18.8. The number of piperidine rings is 1. The Kier molecular flexibility index (Phi) is 6.71. The minimum absolute atomic E-state index is 0. The fourth-order valence-electron chi connectivity index (χ4n) is 2.63. The molecule has 0 saturated carbocycles. The van der Waals surface area contributed by atoms with Crippen molar-refractivity contribution in [3.8, 4) is 5.75 Å². The second kappa shape index (κ2) is 8.55. The Hall–Kier alpha value is -1.50. The molecule has 1 amide bonds. The van der Waals surface area contributed by atoms with Gasteiger partial charge < -0.3 is 19.8 Å². The highest BCUT2D eigenvalue weighted by Gasteiger charge is 2.24. The summed E-state index contributed by atoms with van der Waals surface area (Å²) in [6.07, 6.45) is 1.90. The number of carbonyl (C=O) groups excluding carboxylic acids is 1. The van der Waals surface area contributed by atoms with Crippen molar-refractivity contribution in [3.63, 3.8) is 0 Å². The molecule has 3 rings (SSSR count). The SMILES string of the molecule is Cl.NC1CCCN(C(=O)c2ccc(COc3cccc(Br)c3)o2)C1. The van der Waals surface area contributed by atoms with E-state index in [1.54, 1.807) is 17.0 Å². The fraction of sp³-hybridized carbons (Fsp3) is 0.353. The summed E-state index contributed by atoms with van der Waals surface area (Å²) in [5.41, 5.74) is 5.92. The van der Waals surface area contributed by atoms with E-state index in [9.17, 15) is 4.79 Å². The number of ether oxygens (including phenoxy) is 1. The zero-order valence-electron chi connectivity index (χ0n) is 13.1. The molecule has 1 fully saturated rings. The third-order valence-electron chi connectivity index (χ3n) is 3.79. The van der Waals surface area contributed by atoms with Crippen LogP contribution >= 0.6 is 28.3 Å². The van der Waals surface area contributed by atoms with Gasteiger partial charge in [-0.3, -0.25) is 4.79 Å². The Bertz CT molecular complexity index is 692. The van der Waals surface area contributed by atoms with Gasteiger partial charge in [-0.2, -0.15) is 0 Å². The molecule has 24 heavy (non-hydrogen) atoms. The molecular weight excluding hydrogens is 396 g/mol. The molecule has 130 valence electrons. The first-order valence-corrected chi connectivity index (χ1v) is 8.43. The van der Waals surface area contributed by atoms with Crippen molar-refractivity contribution in [2.45, 2.75) is 25.5 Å². The lowest BCUT2D eigenvalue weighted by Gasteiger charge is -2.30. The zero-order chi connectivity index (χ0) is 16.2. The van der Waals surface area contributed by atoms with Crippen molar-refractivity contribution < 1.29 is 13.9 Å². The molecule has 2 heterocycles. The smallest absolute Gasteiger partial charge is 0.289 e. The lowest BCUT2D eigenvalue weighted by Crippen LogP contribution is -2.45.